The molecule has 1 aromatic rings. The van der Waals surface area contributed by atoms with Gasteiger partial charge in [0.1, 0.15) is 0 Å². The molecule has 27 heavy (non-hydrogen) atoms. The summed E-state index contributed by atoms with van der Waals surface area (Å²) in [5, 5.41) is 12.1. The van der Waals surface area contributed by atoms with E-state index >= 15 is 0 Å². The van der Waals surface area contributed by atoms with E-state index in [1.165, 1.54) is 19.3 Å². The molecule has 3 N–H and O–H groups in total. The van der Waals surface area contributed by atoms with Crippen molar-refractivity contribution in [2.45, 2.75) is 58.4 Å². The highest BCUT2D eigenvalue weighted by Gasteiger charge is 2.54. The van der Waals surface area contributed by atoms with Gasteiger partial charge < -0.3 is 5.32 Å². The van der Waals surface area contributed by atoms with Gasteiger partial charge in [0.15, 0.2) is 0 Å². The molecule has 0 radical (unpaired) electrons. The molecule has 1 atom stereocenters. The number of carbonyl (C=O) groups excluding carboxylic acids is 2. The van der Waals surface area contributed by atoms with E-state index in [9.17, 15) is 9.59 Å². The fraction of sp³-hybridized carbons (Fsp3) is 0.636. The SMILES string of the molecule is CC(C)[C@@H](NC(=O)C12CC3CC(CC(C3)C1)C2)c1ccc(C(=O)NO)cc1. The molecular weight excluding hydrogens is 340 g/mol. The van der Waals surface area contributed by atoms with E-state index in [0.717, 1.165) is 42.6 Å². The zero-order valence-corrected chi connectivity index (χ0v) is 16.2. The lowest BCUT2D eigenvalue weighted by Gasteiger charge is -2.56. The van der Waals surface area contributed by atoms with Crippen LogP contribution in [0.15, 0.2) is 24.3 Å². The Hall–Kier alpha value is -1.88. The second-order valence-electron chi connectivity index (χ2n) is 9.46. The minimum atomic E-state index is -0.528. The molecule has 0 saturated heterocycles. The van der Waals surface area contributed by atoms with Crippen LogP contribution < -0.4 is 10.8 Å². The van der Waals surface area contributed by atoms with Crippen LogP contribution in [0.5, 0.6) is 0 Å². The number of hydrogen-bond donors (Lipinski definition) is 3. The highest BCUT2D eigenvalue weighted by atomic mass is 16.5. The maximum atomic E-state index is 13.4. The van der Waals surface area contributed by atoms with Gasteiger partial charge in [-0.15, -0.1) is 0 Å². The summed E-state index contributed by atoms with van der Waals surface area (Å²) in [5.74, 6) is 2.19. The average Bonchev–Trinajstić information content (AvgIpc) is 2.64. The number of hydrogen-bond acceptors (Lipinski definition) is 3. The maximum Gasteiger partial charge on any atom is 0.274 e. The first-order chi connectivity index (χ1) is 12.9. The summed E-state index contributed by atoms with van der Waals surface area (Å²) in [6.45, 7) is 4.22. The van der Waals surface area contributed by atoms with Crippen molar-refractivity contribution in [3.63, 3.8) is 0 Å². The molecule has 0 spiro atoms. The normalized spacial score (nSPS) is 32.4. The first-order valence-electron chi connectivity index (χ1n) is 10.3. The summed E-state index contributed by atoms with van der Waals surface area (Å²) in [4.78, 5) is 24.9. The Labute approximate surface area is 160 Å². The fourth-order valence-electron chi connectivity index (χ4n) is 6.22. The second kappa shape index (κ2) is 6.93. The van der Waals surface area contributed by atoms with Gasteiger partial charge in [-0.1, -0.05) is 26.0 Å². The van der Waals surface area contributed by atoms with Gasteiger partial charge in [-0.25, -0.2) is 5.48 Å². The van der Waals surface area contributed by atoms with Crippen LogP contribution in [0.2, 0.25) is 0 Å². The molecule has 5 rings (SSSR count). The first-order valence-corrected chi connectivity index (χ1v) is 10.3. The van der Waals surface area contributed by atoms with E-state index in [4.69, 9.17) is 5.21 Å². The van der Waals surface area contributed by atoms with Crippen LogP contribution >= 0.6 is 0 Å². The Balaban J connectivity index is 1.52. The van der Waals surface area contributed by atoms with Crippen LogP contribution in [-0.2, 0) is 4.79 Å². The Bertz CT molecular complexity index is 690. The number of nitrogens with one attached hydrogen (secondary N) is 2. The monoisotopic (exact) mass is 370 g/mol. The molecule has 0 aromatic heterocycles. The molecule has 4 fully saturated rings. The summed E-state index contributed by atoms with van der Waals surface area (Å²) in [6.07, 6.45) is 7.17. The third-order valence-electron chi connectivity index (χ3n) is 7.11. The van der Waals surface area contributed by atoms with Gasteiger partial charge in [-0.05, 0) is 79.9 Å². The standard InChI is InChI=1S/C22H30N2O3/c1-13(2)19(17-3-5-18(6-4-17)20(25)24-27)23-21(26)22-10-14-7-15(11-22)9-16(8-14)12-22/h3-6,13-16,19,27H,7-12H2,1-2H3,(H,23,26)(H,24,25)/t14?,15?,16?,19-,22?/m1/s1. The van der Waals surface area contributed by atoms with Crippen LogP contribution in [0.1, 0.15) is 74.3 Å². The van der Waals surface area contributed by atoms with E-state index in [1.807, 2.05) is 12.1 Å². The van der Waals surface area contributed by atoms with Crippen molar-refractivity contribution in [3.05, 3.63) is 35.4 Å². The van der Waals surface area contributed by atoms with E-state index < -0.39 is 5.91 Å². The Morgan fingerprint density at radius 1 is 1.00 bits per heavy atom. The lowest BCUT2D eigenvalue weighted by Crippen LogP contribution is -2.54. The number of amides is 2. The topological polar surface area (TPSA) is 78.4 Å². The fourth-order valence-corrected chi connectivity index (χ4v) is 6.22. The largest absolute Gasteiger partial charge is 0.349 e. The number of benzene rings is 1. The van der Waals surface area contributed by atoms with Crippen LogP contribution in [0.3, 0.4) is 0 Å². The zero-order valence-electron chi connectivity index (χ0n) is 16.2. The van der Waals surface area contributed by atoms with Crippen LogP contribution in [0, 0.1) is 29.1 Å². The van der Waals surface area contributed by atoms with E-state index in [0.29, 0.717) is 5.56 Å². The zero-order chi connectivity index (χ0) is 19.2. The third-order valence-corrected chi connectivity index (χ3v) is 7.11. The Morgan fingerprint density at radius 2 is 1.52 bits per heavy atom. The summed E-state index contributed by atoms with van der Waals surface area (Å²) in [6, 6.07) is 7.04. The first kappa shape index (κ1) is 18.5. The predicted molar refractivity (Wildman–Crippen MR) is 102 cm³/mol. The number of rotatable bonds is 5. The summed E-state index contributed by atoms with van der Waals surface area (Å²) in [5.41, 5.74) is 2.89. The molecule has 5 heteroatoms. The van der Waals surface area contributed by atoms with Crippen molar-refractivity contribution in [3.8, 4) is 0 Å². The molecule has 4 aliphatic rings. The lowest BCUT2D eigenvalue weighted by molar-refractivity contribution is -0.147. The lowest BCUT2D eigenvalue weighted by atomic mass is 9.49. The van der Waals surface area contributed by atoms with Gasteiger partial charge in [0.25, 0.3) is 5.91 Å². The molecule has 5 nitrogen and oxygen atoms in total. The second-order valence-corrected chi connectivity index (χ2v) is 9.46. The number of carbonyl (C=O) groups is 2. The molecule has 0 aliphatic heterocycles. The molecule has 146 valence electrons. The summed E-state index contributed by atoms with van der Waals surface area (Å²) < 4.78 is 0. The Morgan fingerprint density at radius 3 is 1.96 bits per heavy atom. The van der Waals surface area contributed by atoms with Crippen LogP contribution in [0.25, 0.3) is 0 Å². The van der Waals surface area contributed by atoms with Gasteiger partial charge >= 0.3 is 0 Å². The molecule has 1 aromatic carbocycles. The van der Waals surface area contributed by atoms with Crippen molar-refractivity contribution in [2.24, 2.45) is 29.1 Å². The quantitative estimate of drug-likeness (QED) is 0.544. The Kier molecular flexibility index (Phi) is 4.75. The minimum absolute atomic E-state index is 0.0725. The maximum absolute atomic E-state index is 13.4. The third kappa shape index (κ3) is 3.38. The highest BCUT2D eigenvalue weighted by molar-refractivity contribution is 5.93. The van der Waals surface area contributed by atoms with Gasteiger partial charge in [0, 0.05) is 11.0 Å². The van der Waals surface area contributed by atoms with E-state index in [1.54, 1.807) is 17.6 Å². The molecule has 4 aliphatic carbocycles. The van der Waals surface area contributed by atoms with Gasteiger partial charge in [0.2, 0.25) is 5.91 Å². The van der Waals surface area contributed by atoms with Gasteiger partial charge in [0.05, 0.1) is 6.04 Å². The summed E-state index contributed by atoms with van der Waals surface area (Å²) >= 11 is 0. The highest BCUT2D eigenvalue weighted by Crippen LogP contribution is 2.60. The smallest absolute Gasteiger partial charge is 0.274 e. The molecular formula is C22H30N2O3. The number of hydroxylamine groups is 1. The minimum Gasteiger partial charge on any atom is -0.349 e. The van der Waals surface area contributed by atoms with Crippen molar-refractivity contribution in [1.29, 1.82) is 0 Å². The van der Waals surface area contributed by atoms with Crippen molar-refractivity contribution in [1.82, 2.24) is 10.8 Å². The van der Waals surface area contributed by atoms with Crippen molar-refractivity contribution < 1.29 is 14.8 Å². The van der Waals surface area contributed by atoms with Crippen molar-refractivity contribution >= 4 is 11.8 Å². The molecule has 0 heterocycles. The summed E-state index contributed by atoms with van der Waals surface area (Å²) in [7, 11) is 0. The molecule has 4 saturated carbocycles. The average molecular weight is 370 g/mol. The molecule has 0 unspecified atom stereocenters. The van der Waals surface area contributed by atoms with E-state index in [2.05, 4.69) is 19.2 Å². The van der Waals surface area contributed by atoms with Crippen molar-refractivity contribution in [2.75, 3.05) is 0 Å². The molecule has 4 bridgehead atoms. The van der Waals surface area contributed by atoms with Crippen LogP contribution in [0.4, 0.5) is 0 Å². The van der Waals surface area contributed by atoms with Gasteiger partial charge in [-0.2, -0.15) is 0 Å². The van der Waals surface area contributed by atoms with Gasteiger partial charge in [-0.3, -0.25) is 14.8 Å². The van der Waals surface area contributed by atoms with Crippen LogP contribution in [-0.4, -0.2) is 17.0 Å². The van der Waals surface area contributed by atoms with E-state index in [-0.39, 0.29) is 23.3 Å². The molecule has 2 amide bonds. The predicted octanol–water partition coefficient (Wildman–Crippen LogP) is 3.84.